The Labute approximate surface area is 102 Å². The van der Waals surface area contributed by atoms with Gasteiger partial charge < -0.3 is 15.4 Å². The van der Waals surface area contributed by atoms with Crippen molar-refractivity contribution < 1.29 is 9.53 Å². The van der Waals surface area contributed by atoms with E-state index in [1.165, 1.54) is 7.11 Å². The van der Waals surface area contributed by atoms with Crippen molar-refractivity contribution in [2.75, 3.05) is 24.8 Å². The highest BCUT2D eigenvalue weighted by Crippen LogP contribution is 2.16. The van der Waals surface area contributed by atoms with Crippen molar-refractivity contribution in [3.8, 4) is 0 Å². The molecule has 0 spiro atoms. The van der Waals surface area contributed by atoms with Gasteiger partial charge in [-0.1, -0.05) is 13.8 Å². The average Bonchev–Trinajstić information content (AvgIpc) is 2.35. The van der Waals surface area contributed by atoms with Crippen LogP contribution in [0.2, 0.25) is 0 Å². The molecule has 0 aromatic carbocycles. The van der Waals surface area contributed by atoms with Gasteiger partial charge in [0.1, 0.15) is 11.9 Å². The van der Waals surface area contributed by atoms with Gasteiger partial charge in [0.05, 0.1) is 7.11 Å². The van der Waals surface area contributed by atoms with Crippen LogP contribution in [-0.2, 0) is 9.53 Å². The van der Waals surface area contributed by atoms with Gasteiger partial charge in [-0.2, -0.15) is 0 Å². The monoisotopic (exact) mass is 237 g/mol. The van der Waals surface area contributed by atoms with Crippen molar-refractivity contribution in [3.05, 3.63) is 18.3 Å². The normalized spacial score (nSPS) is 12.1. The van der Waals surface area contributed by atoms with E-state index in [1.54, 1.807) is 13.2 Å². The molecule has 0 fully saturated rings. The second-order valence-corrected chi connectivity index (χ2v) is 4.07. The van der Waals surface area contributed by atoms with Crippen LogP contribution in [0.4, 0.5) is 11.5 Å². The number of nitrogens with one attached hydrogen (secondary N) is 2. The van der Waals surface area contributed by atoms with E-state index in [2.05, 4.69) is 15.6 Å². The van der Waals surface area contributed by atoms with E-state index in [0.29, 0.717) is 0 Å². The van der Waals surface area contributed by atoms with Crippen molar-refractivity contribution >= 4 is 17.5 Å². The van der Waals surface area contributed by atoms with Crippen LogP contribution in [-0.4, -0.2) is 31.2 Å². The molecule has 1 aromatic heterocycles. The topological polar surface area (TPSA) is 63.2 Å². The average molecular weight is 237 g/mol. The number of hydrogen-bond donors (Lipinski definition) is 2. The molecule has 0 amide bonds. The first-order valence-corrected chi connectivity index (χ1v) is 5.56. The van der Waals surface area contributed by atoms with Gasteiger partial charge >= 0.3 is 5.97 Å². The van der Waals surface area contributed by atoms with Crippen LogP contribution in [0, 0.1) is 5.92 Å². The Morgan fingerprint density at radius 2 is 2.18 bits per heavy atom. The molecule has 1 atom stereocenters. The summed E-state index contributed by atoms with van der Waals surface area (Å²) in [5, 5.41) is 6.10. The molecule has 5 nitrogen and oxygen atoms in total. The summed E-state index contributed by atoms with van der Waals surface area (Å²) in [4.78, 5) is 15.7. The first-order chi connectivity index (χ1) is 8.08. The molecular formula is C12H19N3O2. The lowest BCUT2D eigenvalue weighted by Crippen LogP contribution is -2.35. The molecule has 5 heteroatoms. The summed E-state index contributed by atoms with van der Waals surface area (Å²) < 4.78 is 4.77. The highest BCUT2D eigenvalue weighted by Gasteiger charge is 2.22. The van der Waals surface area contributed by atoms with Crippen LogP contribution in [0.15, 0.2) is 18.3 Å². The number of nitrogens with zero attached hydrogens (tertiary/aromatic N) is 1. The van der Waals surface area contributed by atoms with E-state index >= 15 is 0 Å². The third kappa shape index (κ3) is 3.62. The molecule has 0 aliphatic heterocycles. The van der Waals surface area contributed by atoms with E-state index < -0.39 is 0 Å². The molecule has 0 saturated heterocycles. The first kappa shape index (κ1) is 13.3. The number of rotatable bonds is 5. The molecule has 2 N–H and O–H groups in total. The predicted octanol–water partition coefficient (Wildman–Crippen LogP) is 1.73. The molecule has 17 heavy (non-hydrogen) atoms. The summed E-state index contributed by atoms with van der Waals surface area (Å²) in [6, 6.07) is 3.31. The van der Waals surface area contributed by atoms with Crippen molar-refractivity contribution in [3.63, 3.8) is 0 Å². The van der Waals surface area contributed by atoms with Crippen molar-refractivity contribution in [1.82, 2.24) is 4.98 Å². The number of carbonyl (C=O) groups excluding carboxylic acids is 1. The van der Waals surface area contributed by atoms with Crippen molar-refractivity contribution in [1.29, 1.82) is 0 Å². The number of methoxy groups -OCH3 is 1. The number of hydrogen-bond acceptors (Lipinski definition) is 5. The van der Waals surface area contributed by atoms with Gasteiger partial charge in [0, 0.05) is 25.0 Å². The zero-order valence-corrected chi connectivity index (χ0v) is 10.7. The Bertz CT molecular complexity index is 380. The maximum absolute atomic E-state index is 11.6. The third-order valence-corrected chi connectivity index (χ3v) is 2.46. The van der Waals surface area contributed by atoms with E-state index in [-0.39, 0.29) is 17.9 Å². The lowest BCUT2D eigenvalue weighted by atomic mass is 10.0. The second kappa shape index (κ2) is 6.08. The van der Waals surface area contributed by atoms with Gasteiger partial charge in [-0.25, -0.2) is 9.78 Å². The van der Waals surface area contributed by atoms with Crippen molar-refractivity contribution in [2.24, 2.45) is 5.92 Å². The highest BCUT2D eigenvalue weighted by molar-refractivity contribution is 5.79. The summed E-state index contributed by atoms with van der Waals surface area (Å²) in [7, 11) is 3.19. The molecular weight excluding hydrogens is 218 g/mol. The lowest BCUT2D eigenvalue weighted by molar-refractivity contribution is -0.142. The minimum absolute atomic E-state index is 0.147. The molecule has 0 aliphatic carbocycles. The third-order valence-electron chi connectivity index (χ3n) is 2.46. The summed E-state index contributed by atoms with van der Waals surface area (Å²) in [5.41, 5.74) is 0.841. The van der Waals surface area contributed by atoms with Gasteiger partial charge in [-0.3, -0.25) is 0 Å². The number of aromatic nitrogens is 1. The van der Waals surface area contributed by atoms with Crippen LogP contribution < -0.4 is 10.6 Å². The van der Waals surface area contributed by atoms with Crippen LogP contribution in [0.25, 0.3) is 0 Å². The number of pyridine rings is 1. The molecule has 94 valence electrons. The van der Waals surface area contributed by atoms with Crippen LogP contribution >= 0.6 is 0 Å². The van der Waals surface area contributed by atoms with E-state index in [0.717, 1.165) is 11.5 Å². The Balaban J connectivity index is 2.82. The quantitative estimate of drug-likeness (QED) is 0.764. The fourth-order valence-corrected chi connectivity index (χ4v) is 1.46. The summed E-state index contributed by atoms with van der Waals surface area (Å²) >= 11 is 0. The standard InChI is InChI=1S/C12H19N3O2/c1-8(2)11(12(16)17-4)15-9-5-6-14-10(7-9)13-3/h5-8,11H,1-4H3,(H2,13,14,15). The fraction of sp³-hybridized carbons (Fsp3) is 0.500. The fourth-order valence-electron chi connectivity index (χ4n) is 1.46. The van der Waals surface area contributed by atoms with E-state index in [9.17, 15) is 4.79 Å². The Morgan fingerprint density at radius 1 is 1.47 bits per heavy atom. The molecule has 0 aliphatic rings. The van der Waals surface area contributed by atoms with Crippen LogP contribution in [0.5, 0.6) is 0 Å². The Kier molecular flexibility index (Phi) is 4.75. The Hall–Kier alpha value is -1.78. The molecule has 0 radical (unpaired) electrons. The van der Waals surface area contributed by atoms with Gasteiger partial charge in [0.15, 0.2) is 0 Å². The SMILES string of the molecule is CNc1cc(NC(C(=O)OC)C(C)C)ccn1. The molecule has 0 bridgehead atoms. The minimum Gasteiger partial charge on any atom is -0.467 e. The largest absolute Gasteiger partial charge is 0.467 e. The number of anilines is 2. The zero-order chi connectivity index (χ0) is 12.8. The van der Waals surface area contributed by atoms with Gasteiger partial charge in [-0.05, 0) is 12.0 Å². The zero-order valence-electron chi connectivity index (χ0n) is 10.7. The van der Waals surface area contributed by atoms with Gasteiger partial charge in [-0.15, -0.1) is 0 Å². The maximum atomic E-state index is 11.6. The second-order valence-electron chi connectivity index (χ2n) is 4.07. The summed E-state index contributed by atoms with van der Waals surface area (Å²) in [6.07, 6.45) is 1.68. The summed E-state index contributed by atoms with van der Waals surface area (Å²) in [6.45, 7) is 3.93. The van der Waals surface area contributed by atoms with Crippen LogP contribution in [0.1, 0.15) is 13.8 Å². The number of carbonyl (C=O) groups is 1. The minimum atomic E-state index is -0.355. The smallest absolute Gasteiger partial charge is 0.328 e. The van der Waals surface area contributed by atoms with E-state index in [1.807, 2.05) is 26.0 Å². The summed E-state index contributed by atoms with van der Waals surface area (Å²) in [5.74, 6) is 0.638. The lowest BCUT2D eigenvalue weighted by Gasteiger charge is -2.21. The van der Waals surface area contributed by atoms with Crippen LogP contribution in [0.3, 0.4) is 0 Å². The highest BCUT2D eigenvalue weighted by atomic mass is 16.5. The molecule has 0 saturated carbocycles. The molecule has 1 rings (SSSR count). The van der Waals surface area contributed by atoms with Crippen molar-refractivity contribution in [2.45, 2.75) is 19.9 Å². The maximum Gasteiger partial charge on any atom is 0.328 e. The Morgan fingerprint density at radius 3 is 2.71 bits per heavy atom. The molecule has 1 heterocycles. The molecule has 1 unspecified atom stereocenters. The predicted molar refractivity (Wildman–Crippen MR) is 68.0 cm³/mol. The first-order valence-electron chi connectivity index (χ1n) is 5.56. The number of ether oxygens (including phenoxy) is 1. The molecule has 1 aromatic rings. The number of esters is 1. The van der Waals surface area contributed by atoms with Gasteiger partial charge in [0.25, 0.3) is 0 Å². The van der Waals surface area contributed by atoms with E-state index in [4.69, 9.17) is 4.74 Å². The van der Waals surface area contributed by atoms with Gasteiger partial charge in [0.2, 0.25) is 0 Å².